The minimum absolute atomic E-state index is 0.434. The molecule has 0 radical (unpaired) electrons. The Balaban J connectivity index is 2.60. The summed E-state index contributed by atoms with van der Waals surface area (Å²) in [5, 5.41) is 9.04. The molecule has 0 aliphatic heterocycles. The first-order chi connectivity index (χ1) is 7.95. The summed E-state index contributed by atoms with van der Waals surface area (Å²) >= 11 is 0. The van der Waals surface area contributed by atoms with Crippen LogP contribution in [0.3, 0.4) is 0 Å². The van der Waals surface area contributed by atoms with Crippen molar-refractivity contribution in [1.29, 1.82) is 5.26 Å². The average molecular weight is 231 g/mol. The van der Waals surface area contributed by atoms with Gasteiger partial charge in [0.25, 0.3) is 0 Å². The fourth-order valence-corrected chi connectivity index (χ4v) is 1.44. The lowest BCUT2D eigenvalue weighted by molar-refractivity contribution is 0.289. The van der Waals surface area contributed by atoms with Crippen LogP contribution in [-0.2, 0) is 5.41 Å². The van der Waals surface area contributed by atoms with Crippen LogP contribution in [0, 0.1) is 17.2 Å². The van der Waals surface area contributed by atoms with E-state index in [0.29, 0.717) is 5.92 Å². The standard InChI is InChI=1S/C15H21NO/c1-12(2)9-10-17-14-7-5-13(6-8-14)15(3,4)11-16/h5-8,12H,9-10H2,1-4H3. The summed E-state index contributed by atoms with van der Waals surface area (Å²) in [6, 6.07) is 10.1. The molecule has 0 fully saturated rings. The van der Waals surface area contributed by atoms with Gasteiger partial charge in [0, 0.05) is 0 Å². The van der Waals surface area contributed by atoms with Crippen LogP contribution in [0.4, 0.5) is 0 Å². The fraction of sp³-hybridized carbons (Fsp3) is 0.533. The van der Waals surface area contributed by atoms with E-state index in [9.17, 15) is 0 Å². The third kappa shape index (κ3) is 4.11. The molecule has 0 atom stereocenters. The number of rotatable bonds is 5. The molecule has 0 amide bonds. The lowest BCUT2D eigenvalue weighted by Gasteiger charge is -2.16. The summed E-state index contributed by atoms with van der Waals surface area (Å²) in [4.78, 5) is 0. The zero-order valence-electron chi connectivity index (χ0n) is 11.2. The molecule has 1 aromatic carbocycles. The molecule has 92 valence electrons. The number of hydrogen-bond donors (Lipinski definition) is 0. The van der Waals surface area contributed by atoms with Crippen LogP contribution in [0.2, 0.25) is 0 Å². The summed E-state index contributed by atoms with van der Waals surface area (Å²) in [5.74, 6) is 1.54. The molecule has 2 nitrogen and oxygen atoms in total. The summed E-state index contributed by atoms with van der Waals surface area (Å²) in [7, 11) is 0. The number of nitrogens with zero attached hydrogens (tertiary/aromatic N) is 1. The Labute approximate surface area is 104 Å². The van der Waals surface area contributed by atoms with Gasteiger partial charge in [0.05, 0.1) is 18.1 Å². The average Bonchev–Trinajstić information content (AvgIpc) is 2.29. The van der Waals surface area contributed by atoms with Gasteiger partial charge >= 0.3 is 0 Å². The molecule has 0 unspecified atom stereocenters. The maximum absolute atomic E-state index is 9.04. The first-order valence-electron chi connectivity index (χ1n) is 6.10. The monoisotopic (exact) mass is 231 g/mol. The van der Waals surface area contributed by atoms with Crippen LogP contribution in [0.15, 0.2) is 24.3 Å². The molecule has 1 aromatic rings. The van der Waals surface area contributed by atoms with Gasteiger partial charge in [0.1, 0.15) is 5.75 Å². The molecule has 0 bridgehead atoms. The van der Waals surface area contributed by atoms with Gasteiger partial charge in [-0.25, -0.2) is 0 Å². The van der Waals surface area contributed by atoms with E-state index in [4.69, 9.17) is 10.00 Å². The van der Waals surface area contributed by atoms with Crippen molar-refractivity contribution in [3.63, 3.8) is 0 Å². The van der Waals surface area contributed by atoms with Crippen molar-refractivity contribution in [3.05, 3.63) is 29.8 Å². The molecule has 0 saturated carbocycles. The first-order valence-corrected chi connectivity index (χ1v) is 6.10. The second-order valence-corrected chi connectivity index (χ2v) is 5.29. The Kier molecular flexibility index (Phi) is 4.57. The smallest absolute Gasteiger partial charge is 0.119 e. The maximum Gasteiger partial charge on any atom is 0.119 e. The quantitative estimate of drug-likeness (QED) is 0.769. The maximum atomic E-state index is 9.04. The van der Waals surface area contributed by atoms with Crippen molar-refractivity contribution in [2.24, 2.45) is 5.92 Å². The minimum atomic E-state index is -0.434. The van der Waals surface area contributed by atoms with Crippen LogP contribution in [-0.4, -0.2) is 6.61 Å². The molecule has 0 aromatic heterocycles. The normalized spacial score (nSPS) is 11.3. The zero-order valence-corrected chi connectivity index (χ0v) is 11.2. The number of hydrogen-bond acceptors (Lipinski definition) is 2. The van der Waals surface area contributed by atoms with E-state index < -0.39 is 5.41 Å². The molecule has 0 heterocycles. The van der Waals surface area contributed by atoms with Crippen molar-refractivity contribution in [2.75, 3.05) is 6.61 Å². The Morgan fingerprint density at radius 3 is 2.29 bits per heavy atom. The van der Waals surface area contributed by atoms with E-state index in [1.54, 1.807) is 0 Å². The molecule has 1 rings (SSSR count). The second-order valence-electron chi connectivity index (χ2n) is 5.29. The van der Waals surface area contributed by atoms with Crippen LogP contribution >= 0.6 is 0 Å². The van der Waals surface area contributed by atoms with E-state index in [-0.39, 0.29) is 0 Å². The van der Waals surface area contributed by atoms with Gasteiger partial charge in [-0.3, -0.25) is 0 Å². The Morgan fingerprint density at radius 2 is 1.82 bits per heavy atom. The molecular formula is C15H21NO. The summed E-state index contributed by atoms with van der Waals surface area (Å²) in [6.45, 7) is 8.95. The van der Waals surface area contributed by atoms with Gasteiger partial charge in [-0.15, -0.1) is 0 Å². The number of ether oxygens (including phenoxy) is 1. The molecule has 0 aliphatic carbocycles. The van der Waals surface area contributed by atoms with Crippen molar-refractivity contribution < 1.29 is 4.74 Å². The molecule has 17 heavy (non-hydrogen) atoms. The van der Waals surface area contributed by atoms with Crippen LogP contribution in [0.5, 0.6) is 5.75 Å². The SMILES string of the molecule is CC(C)CCOc1ccc(C(C)(C)C#N)cc1. The number of nitriles is 1. The van der Waals surface area contributed by atoms with E-state index >= 15 is 0 Å². The lowest BCUT2D eigenvalue weighted by Crippen LogP contribution is -2.13. The van der Waals surface area contributed by atoms with Crippen molar-refractivity contribution >= 4 is 0 Å². The lowest BCUT2D eigenvalue weighted by atomic mass is 9.86. The Bertz CT molecular complexity index is 384. The van der Waals surface area contributed by atoms with Gasteiger partial charge in [0.2, 0.25) is 0 Å². The van der Waals surface area contributed by atoms with Crippen LogP contribution < -0.4 is 4.74 Å². The molecule has 0 saturated heterocycles. The summed E-state index contributed by atoms with van der Waals surface area (Å²) in [5.41, 5.74) is 0.590. The number of benzene rings is 1. The largest absolute Gasteiger partial charge is 0.494 e. The van der Waals surface area contributed by atoms with Crippen molar-refractivity contribution in [1.82, 2.24) is 0 Å². The van der Waals surface area contributed by atoms with Gasteiger partial charge in [0.15, 0.2) is 0 Å². The molecule has 0 aliphatic rings. The highest BCUT2D eigenvalue weighted by Crippen LogP contribution is 2.24. The predicted molar refractivity (Wildman–Crippen MR) is 70.0 cm³/mol. The second kappa shape index (κ2) is 5.72. The molecule has 2 heteroatoms. The van der Waals surface area contributed by atoms with Crippen LogP contribution in [0.25, 0.3) is 0 Å². The highest BCUT2D eigenvalue weighted by molar-refractivity contribution is 5.35. The highest BCUT2D eigenvalue weighted by atomic mass is 16.5. The zero-order chi connectivity index (χ0) is 12.9. The van der Waals surface area contributed by atoms with Gasteiger partial charge < -0.3 is 4.74 Å². The third-order valence-corrected chi connectivity index (χ3v) is 2.82. The summed E-state index contributed by atoms with van der Waals surface area (Å²) in [6.07, 6.45) is 1.06. The van der Waals surface area contributed by atoms with E-state index in [1.807, 2.05) is 38.1 Å². The minimum Gasteiger partial charge on any atom is -0.494 e. The summed E-state index contributed by atoms with van der Waals surface area (Å²) < 4.78 is 5.64. The topological polar surface area (TPSA) is 33.0 Å². The molecular weight excluding hydrogens is 210 g/mol. The Morgan fingerprint density at radius 1 is 1.24 bits per heavy atom. The molecule has 0 spiro atoms. The van der Waals surface area contributed by atoms with Gasteiger partial charge in [-0.2, -0.15) is 5.26 Å². The van der Waals surface area contributed by atoms with E-state index in [1.165, 1.54) is 0 Å². The van der Waals surface area contributed by atoms with Crippen molar-refractivity contribution in [3.8, 4) is 11.8 Å². The highest BCUT2D eigenvalue weighted by Gasteiger charge is 2.19. The van der Waals surface area contributed by atoms with Crippen LogP contribution in [0.1, 0.15) is 39.7 Å². The predicted octanol–water partition coefficient (Wildman–Crippen LogP) is 3.91. The van der Waals surface area contributed by atoms with Gasteiger partial charge in [-0.1, -0.05) is 26.0 Å². The first kappa shape index (κ1) is 13.6. The molecule has 0 N–H and O–H groups in total. The fourth-order valence-electron chi connectivity index (χ4n) is 1.44. The third-order valence-electron chi connectivity index (χ3n) is 2.82. The van der Waals surface area contributed by atoms with E-state index in [2.05, 4.69) is 19.9 Å². The van der Waals surface area contributed by atoms with E-state index in [0.717, 1.165) is 24.3 Å². The Hall–Kier alpha value is -1.49. The van der Waals surface area contributed by atoms with Gasteiger partial charge in [-0.05, 0) is 43.9 Å². The van der Waals surface area contributed by atoms with Crippen molar-refractivity contribution in [2.45, 2.75) is 39.5 Å².